The van der Waals surface area contributed by atoms with Crippen LogP contribution in [0.1, 0.15) is 67.7 Å². The van der Waals surface area contributed by atoms with Gasteiger partial charge in [0.1, 0.15) is 11.5 Å². The fourth-order valence-corrected chi connectivity index (χ4v) is 3.40. The quantitative estimate of drug-likeness (QED) is 0.329. The second-order valence-electron chi connectivity index (χ2n) is 7.50. The van der Waals surface area contributed by atoms with Gasteiger partial charge in [-0.3, -0.25) is 9.78 Å². The normalized spacial score (nSPS) is 10.8. The van der Waals surface area contributed by atoms with Gasteiger partial charge in [-0.2, -0.15) is 0 Å². The number of aryl methyl sites for hydroxylation is 2. The zero-order valence-electron chi connectivity index (χ0n) is 21.3. The van der Waals surface area contributed by atoms with Gasteiger partial charge < -0.3 is 10.1 Å². The molecule has 0 saturated heterocycles. The molecule has 0 aliphatic rings. The number of ether oxygens (including phenoxy) is 1. The van der Waals surface area contributed by atoms with Gasteiger partial charge in [-0.05, 0) is 73.9 Å². The van der Waals surface area contributed by atoms with Crippen LogP contribution in [0.5, 0.6) is 11.5 Å². The molecule has 0 aliphatic heterocycles. The molecule has 1 N–H and O–H groups in total. The Balaban J connectivity index is 0.000000970. The Morgan fingerprint density at radius 2 is 1.53 bits per heavy atom. The largest absolute Gasteiger partial charge is 0.457 e. The van der Waals surface area contributed by atoms with E-state index in [0.717, 1.165) is 22.2 Å². The standard InChI is InChI=1S/C26H24N2O2.2C2H6/c1-17-14-23-24(15-18(17)2)27-13-12-25(23)30-22-11-7-10-21(16-22)26(29)28-19(3)20-8-5-4-6-9-20;2*1-2/h4-16,19H,1-3H3,(H,28,29);2*1-2H3. The molecule has 0 fully saturated rings. The van der Waals surface area contributed by atoms with Gasteiger partial charge in [0.25, 0.3) is 5.91 Å². The summed E-state index contributed by atoms with van der Waals surface area (Å²) in [6.45, 7) is 14.1. The Labute approximate surface area is 204 Å². The molecule has 0 aliphatic carbocycles. The molecule has 4 aromatic rings. The van der Waals surface area contributed by atoms with Crippen molar-refractivity contribution in [1.82, 2.24) is 10.3 Å². The van der Waals surface area contributed by atoms with Gasteiger partial charge in [-0.1, -0.05) is 64.1 Å². The summed E-state index contributed by atoms with van der Waals surface area (Å²) in [5, 5.41) is 3.99. The zero-order chi connectivity index (χ0) is 25.1. The van der Waals surface area contributed by atoms with Crippen molar-refractivity contribution in [2.24, 2.45) is 0 Å². The highest BCUT2D eigenvalue weighted by Gasteiger charge is 2.13. The van der Waals surface area contributed by atoms with Crippen molar-refractivity contribution in [3.63, 3.8) is 0 Å². The van der Waals surface area contributed by atoms with E-state index in [2.05, 4.69) is 36.3 Å². The molecule has 4 rings (SSSR count). The van der Waals surface area contributed by atoms with Gasteiger partial charge in [-0.15, -0.1) is 0 Å². The first kappa shape index (κ1) is 26.6. The molecule has 178 valence electrons. The molecule has 1 atom stereocenters. The van der Waals surface area contributed by atoms with Crippen molar-refractivity contribution in [3.05, 3.63) is 101 Å². The van der Waals surface area contributed by atoms with E-state index in [0.29, 0.717) is 11.3 Å². The van der Waals surface area contributed by atoms with Gasteiger partial charge in [0.15, 0.2) is 0 Å². The lowest BCUT2D eigenvalue weighted by atomic mass is 10.1. The van der Waals surface area contributed by atoms with E-state index in [9.17, 15) is 4.79 Å². The van der Waals surface area contributed by atoms with Crippen LogP contribution < -0.4 is 10.1 Å². The number of rotatable bonds is 5. The second kappa shape index (κ2) is 13.1. The molecule has 0 saturated carbocycles. The molecule has 34 heavy (non-hydrogen) atoms. The molecular weight excluding hydrogens is 420 g/mol. The Hall–Kier alpha value is -3.66. The van der Waals surface area contributed by atoms with Crippen LogP contribution in [-0.2, 0) is 0 Å². The maximum absolute atomic E-state index is 12.8. The number of amides is 1. The predicted molar refractivity (Wildman–Crippen MR) is 143 cm³/mol. The molecule has 1 heterocycles. The fraction of sp³-hybridized carbons (Fsp3) is 0.267. The minimum atomic E-state index is -0.136. The van der Waals surface area contributed by atoms with E-state index >= 15 is 0 Å². The monoisotopic (exact) mass is 456 g/mol. The van der Waals surface area contributed by atoms with Crippen molar-refractivity contribution in [2.75, 3.05) is 0 Å². The number of aromatic nitrogens is 1. The lowest BCUT2D eigenvalue weighted by molar-refractivity contribution is 0.0939. The first-order valence-corrected chi connectivity index (χ1v) is 12.0. The number of benzene rings is 3. The average molecular weight is 457 g/mol. The van der Waals surface area contributed by atoms with Crippen LogP contribution in [0.2, 0.25) is 0 Å². The molecule has 3 aromatic carbocycles. The van der Waals surface area contributed by atoms with Crippen LogP contribution in [0.4, 0.5) is 0 Å². The molecule has 4 heteroatoms. The van der Waals surface area contributed by atoms with Crippen molar-refractivity contribution in [1.29, 1.82) is 0 Å². The summed E-state index contributed by atoms with van der Waals surface area (Å²) in [5.41, 5.74) is 4.88. The highest BCUT2D eigenvalue weighted by atomic mass is 16.5. The number of nitrogens with zero attached hydrogens (tertiary/aromatic N) is 1. The van der Waals surface area contributed by atoms with Crippen molar-refractivity contribution < 1.29 is 9.53 Å². The number of carbonyl (C=O) groups is 1. The molecule has 4 nitrogen and oxygen atoms in total. The molecule has 0 radical (unpaired) electrons. The van der Waals surface area contributed by atoms with Crippen LogP contribution in [0.15, 0.2) is 79.0 Å². The van der Waals surface area contributed by atoms with E-state index in [1.807, 2.05) is 83.1 Å². The van der Waals surface area contributed by atoms with Crippen molar-refractivity contribution >= 4 is 16.8 Å². The third-order valence-electron chi connectivity index (χ3n) is 5.29. The maximum atomic E-state index is 12.8. The first-order chi connectivity index (χ1) is 16.5. The van der Waals surface area contributed by atoms with Crippen LogP contribution in [-0.4, -0.2) is 10.9 Å². The molecule has 1 unspecified atom stereocenters. The van der Waals surface area contributed by atoms with Gasteiger partial charge >= 0.3 is 0 Å². The highest BCUT2D eigenvalue weighted by Crippen LogP contribution is 2.31. The summed E-state index contributed by atoms with van der Waals surface area (Å²) >= 11 is 0. The number of carbonyl (C=O) groups excluding carboxylic acids is 1. The third-order valence-corrected chi connectivity index (χ3v) is 5.29. The highest BCUT2D eigenvalue weighted by molar-refractivity contribution is 5.95. The van der Waals surface area contributed by atoms with E-state index in [-0.39, 0.29) is 11.9 Å². The van der Waals surface area contributed by atoms with Crippen LogP contribution in [0, 0.1) is 13.8 Å². The molecule has 1 aromatic heterocycles. The number of fused-ring (bicyclic) bond motifs is 1. The van der Waals surface area contributed by atoms with Crippen LogP contribution in [0.25, 0.3) is 10.9 Å². The molecule has 1 amide bonds. The number of nitrogens with one attached hydrogen (secondary N) is 1. The SMILES string of the molecule is CC.CC.Cc1cc2nccc(Oc3cccc(C(=O)NC(C)c4ccccc4)c3)c2cc1C. The maximum Gasteiger partial charge on any atom is 0.251 e. The second-order valence-corrected chi connectivity index (χ2v) is 7.50. The van der Waals surface area contributed by atoms with E-state index in [1.54, 1.807) is 18.3 Å². The fourth-order valence-electron chi connectivity index (χ4n) is 3.40. The number of hydrogen-bond donors (Lipinski definition) is 1. The van der Waals surface area contributed by atoms with Crippen molar-refractivity contribution in [2.45, 2.75) is 54.5 Å². The van der Waals surface area contributed by atoms with Crippen LogP contribution in [0.3, 0.4) is 0 Å². The topological polar surface area (TPSA) is 51.2 Å². The summed E-state index contributed by atoms with van der Waals surface area (Å²) in [4.78, 5) is 17.2. The lowest BCUT2D eigenvalue weighted by Gasteiger charge is -2.15. The summed E-state index contributed by atoms with van der Waals surface area (Å²) < 4.78 is 6.15. The average Bonchev–Trinajstić information content (AvgIpc) is 2.88. The Morgan fingerprint density at radius 1 is 0.853 bits per heavy atom. The molecular formula is C30H36N2O2. The van der Waals surface area contributed by atoms with Crippen molar-refractivity contribution in [3.8, 4) is 11.5 Å². The number of pyridine rings is 1. The summed E-state index contributed by atoms with van der Waals surface area (Å²) in [5.74, 6) is 1.20. The van der Waals surface area contributed by atoms with Gasteiger partial charge in [0.05, 0.1) is 11.6 Å². The minimum absolute atomic E-state index is 0.0846. The summed E-state index contributed by atoms with van der Waals surface area (Å²) in [6, 6.07) is 23.1. The van der Waals surface area contributed by atoms with Crippen LogP contribution >= 0.6 is 0 Å². The minimum Gasteiger partial charge on any atom is -0.457 e. The third kappa shape index (κ3) is 6.67. The lowest BCUT2D eigenvalue weighted by Crippen LogP contribution is -2.26. The first-order valence-electron chi connectivity index (χ1n) is 12.0. The Bertz CT molecular complexity index is 1200. The van der Waals surface area contributed by atoms with E-state index in [1.165, 1.54) is 11.1 Å². The predicted octanol–water partition coefficient (Wildman–Crippen LogP) is 8.19. The van der Waals surface area contributed by atoms with E-state index in [4.69, 9.17) is 4.74 Å². The zero-order valence-corrected chi connectivity index (χ0v) is 21.3. The Morgan fingerprint density at radius 3 is 2.24 bits per heavy atom. The Kier molecular flexibility index (Phi) is 10.3. The molecule has 0 bridgehead atoms. The molecule has 0 spiro atoms. The van der Waals surface area contributed by atoms with Gasteiger partial charge in [0.2, 0.25) is 0 Å². The van der Waals surface area contributed by atoms with Gasteiger partial charge in [-0.25, -0.2) is 0 Å². The summed E-state index contributed by atoms with van der Waals surface area (Å²) in [6.07, 6.45) is 1.74. The number of hydrogen-bond acceptors (Lipinski definition) is 3. The smallest absolute Gasteiger partial charge is 0.251 e. The van der Waals surface area contributed by atoms with Gasteiger partial charge in [0, 0.05) is 17.1 Å². The summed E-state index contributed by atoms with van der Waals surface area (Å²) in [7, 11) is 0. The van der Waals surface area contributed by atoms with E-state index < -0.39 is 0 Å².